The Bertz CT molecular complexity index is 192. The highest BCUT2D eigenvalue weighted by Crippen LogP contribution is 2.08. The van der Waals surface area contributed by atoms with E-state index in [2.05, 4.69) is 26.8 Å². The van der Waals surface area contributed by atoms with Gasteiger partial charge in [-0.25, -0.2) is 0 Å². The fourth-order valence-corrected chi connectivity index (χ4v) is 1.12. The molecule has 2 heteroatoms. The number of carbonyl (C=O) groups excluding carboxylic acids is 1. The van der Waals surface area contributed by atoms with E-state index in [1.807, 2.05) is 0 Å². The van der Waals surface area contributed by atoms with Gasteiger partial charge in [0.1, 0.15) is 0 Å². The maximum Gasteiger partial charge on any atom is 0.302 e. The molecule has 0 aliphatic heterocycles. The zero-order valence-electron chi connectivity index (χ0n) is 9.80. The van der Waals surface area contributed by atoms with Gasteiger partial charge in [-0.1, -0.05) is 25.5 Å². The molecular weight excluding hydrogens is 176 g/mol. The molecule has 0 heterocycles. The lowest BCUT2D eigenvalue weighted by atomic mass is 10.1. The van der Waals surface area contributed by atoms with Crippen LogP contribution in [-0.2, 0) is 9.53 Å². The predicted molar refractivity (Wildman–Crippen MR) is 59.1 cm³/mol. The van der Waals surface area contributed by atoms with E-state index in [4.69, 9.17) is 4.74 Å². The Labute approximate surface area is 87.3 Å². The Hall–Kier alpha value is -0.790. The molecule has 0 saturated heterocycles. The van der Waals surface area contributed by atoms with Crippen molar-refractivity contribution >= 4 is 5.97 Å². The van der Waals surface area contributed by atoms with Gasteiger partial charge in [0.25, 0.3) is 0 Å². The Balaban J connectivity index is 3.51. The predicted octanol–water partition coefficient (Wildman–Crippen LogP) is 3.32. The summed E-state index contributed by atoms with van der Waals surface area (Å²) >= 11 is 0. The van der Waals surface area contributed by atoms with E-state index in [9.17, 15) is 4.79 Å². The van der Waals surface area contributed by atoms with Gasteiger partial charge in [-0.15, -0.1) is 0 Å². The van der Waals surface area contributed by atoms with Gasteiger partial charge in [-0.2, -0.15) is 0 Å². The number of ether oxygens (including phenoxy) is 1. The molecule has 0 aromatic heterocycles. The van der Waals surface area contributed by atoms with Crippen LogP contribution in [0, 0.1) is 5.92 Å². The van der Waals surface area contributed by atoms with E-state index in [1.54, 1.807) is 0 Å². The van der Waals surface area contributed by atoms with Crippen molar-refractivity contribution in [1.82, 2.24) is 0 Å². The maximum absolute atomic E-state index is 10.5. The average molecular weight is 198 g/mol. The highest BCUT2D eigenvalue weighted by atomic mass is 16.5. The summed E-state index contributed by atoms with van der Waals surface area (Å²) in [4.78, 5) is 10.5. The van der Waals surface area contributed by atoms with E-state index >= 15 is 0 Å². The van der Waals surface area contributed by atoms with E-state index in [1.165, 1.54) is 18.9 Å². The lowest BCUT2D eigenvalue weighted by Crippen LogP contribution is -2.00. The largest absolute Gasteiger partial charge is 0.466 e. The van der Waals surface area contributed by atoms with Crippen LogP contribution in [0.5, 0.6) is 0 Å². The van der Waals surface area contributed by atoms with E-state index < -0.39 is 0 Å². The van der Waals surface area contributed by atoms with Crippen molar-refractivity contribution in [3.8, 4) is 0 Å². The minimum Gasteiger partial charge on any atom is -0.466 e. The quantitative estimate of drug-likeness (QED) is 0.483. The van der Waals surface area contributed by atoms with Crippen molar-refractivity contribution in [2.75, 3.05) is 6.61 Å². The molecule has 0 amide bonds. The topological polar surface area (TPSA) is 26.3 Å². The van der Waals surface area contributed by atoms with Crippen molar-refractivity contribution in [2.45, 2.75) is 47.0 Å². The number of rotatable bonds is 6. The van der Waals surface area contributed by atoms with Crippen LogP contribution < -0.4 is 0 Å². The highest BCUT2D eigenvalue weighted by molar-refractivity contribution is 5.65. The second-order valence-electron chi connectivity index (χ2n) is 4.11. The minimum absolute atomic E-state index is 0.194. The van der Waals surface area contributed by atoms with Gasteiger partial charge in [-0.3, -0.25) is 4.79 Å². The van der Waals surface area contributed by atoms with Crippen LogP contribution in [0.25, 0.3) is 0 Å². The highest BCUT2D eigenvalue weighted by Gasteiger charge is 1.95. The Morgan fingerprint density at radius 1 is 1.36 bits per heavy atom. The van der Waals surface area contributed by atoms with Gasteiger partial charge in [0, 0.05) is 13.3 Å². The molecule has 0 aromatic rings. The molecule has 2 nitrogen and oxygen atoms in total. The normalized spacial score (nSPS) is 11.9. The SMILES string of the molecule is CC(=O)OCCC(C)=CCCC(C)C. The third-order valence-electron chi connectivity index (χ3n) is 2.04. The smallest absolute Gasteiger partial charge is 0.302 e. The number of allylic oxidation sites excluding steroid dienone is 1. The van der Waals surface area contributed by atoms with E-state index in [0.29, 0.717) is 6.61 Å². The van der Waals surface area contributed by atoms with Crippen molar-refractivity contribution in [3.63, 3.8) is 0 Å². The summed E-state index contributed by atoms with van der Waals surface area (Å²) in [7, 11) is 0. The third-order valence-corrected chi connectivity index (χ3v) is 2.04. The van der Waals surface area contributed by atoms with Crippen molar-refractivity contribution in [1.29, 1.82) is 0 Å². The summed E-state index contributed by atoms with van der Waals surface area (Å²) in [6.07, 6.45) is 5.45. The molecule has 0 aliphatic carbocycles. The Kier molecular flexibility index (Phi) is 7.17. The standard InChI is InChI=1S/C12H22O2/c1-10(2)6-5-7-11(3)8-9-14-12(4)13/h7,10H,5-6,8-9H2,1-4H3. The summed E-state index contributed by atoms with van der Waals surface area (Å²) in [5, 5.41) is 0. The first-order chi connectivity index (χ1) is 6.52. The Morgan fingerprint density at radius 3 is 2.50 bits per heavy atom. The van der Waals surface area contributed by atoms with Crippen LogP contribution in [0.4, 0.5) is 0 Å². The van der Waals surface area contributed by atoms with Crippen LogP contribution in [0.1, 0.15) is 47.0 Å². The van der Waals surface area contributed by atoms with E-state index in [-0.39, 0.29) is 5.97 Å². The average Bonchev–Trinajstić information content (AvgIpc) is 2.02. The molecule has 0 spiro atoms. The molecule has 0 aliphatic rings. The second kappa shape index (κ2) is 7.60. The van der Waals surface area contributed by atoms with Crippen LogP contribution >= 0.6 is 0 Å². The zero-order chi connectivity index (χ0) is 11.0. The van der Waals surface area contributed by atoms with Gasteiger partial charge in [0.05, 0.1) is 6.61 Å². The number of hydrogen-bond acceptors (Lipinski definition) is 2. The van der Waals surface area contributed by atoms with Crippen LogP contribution in [0.2, 0.25) is 0 Å². The molecule has 0 fully saturated rings. The minimum atomic E-state index is -0.194. The fraction of sp³-hybridized carbons (Fsp3) is 0.750. The molecule has 0 saturated carbocycles. The van der Waals surface area contributed by atoms with E-state index in [0.717, 1.165) is 18.8 Å². The number of esters is 1. The third kappa shape index (κ3) is 9.30. The fourth-order valence-electron chi connectivity index (χ4n) is 1.12. The summed E-state index contributed by atoms with van der Waals surface area (Å²) in [6, 6.07) is 0. The van der Waals surface area contributed by atoms with Crippen LogP contribution in [0.3, 0.4) is 0 Å². The molecule has 14 heavy (non-hydrogen) atoms. The molecule has 0 bridgehead atoms. The van der Waals surface area contributed by atoms with Gasteiger partial charge >= 0.3 is 5.97 Å². The van der Waals surface area contributed by atoms with Gasteiger partial charge < -0.3 is 4.74 Å². The first-order valence-corrected chi connectivity index (χ1v) is 5.31. The van der Waals surface area contributed by atoms with Crippen molar-refractivity contribution < 1.29 is 9.53 Å². The number of hydrogen-bond donors (Lipinski definition) is 0. The van der Waals surface area contributed by atoms with Crippen LogP contribution in [0.15, 0.2) is 11.6 Å². The lowest BCUT2D eigenvalue weighted by molar-refractivity contribution is -0.140. The molecular formula is C12H22O2. The molecule has 0 rings (SSSR count). The maximum atomic E-state index is 10.5. The zero-order valence-corrected chi connectivity index (χ0v) is 9.80. The monoisotopic (exact) mass is 198 g/mol. The van der Waals surface area contributed by atoms with Crippen molar-refractivity contribution in [2.24, 2.45) is 5.92 Å². The summed E-state index contributed by atoms with van der Waals surface area (Å²) in [5.74, 6) is 0.563. The van der Waals surface area contributed by atoms with Gasteiger partial charge in [-0.05, 0) is 25.7 Å². The summed E-state index contributed by atoms with van der Waals surface area (Å²) < 4.78 is 4.86. The van der Waals surface area contributed by atoms with Crippen LogP contribution in [-0.4, -0.2) is 12.6 Å². The molecule has 0 radical (unpaired) electrons. The second-order valence-corrected chi connectivity index (χ2v) is 4.11. The van der Waals surface area contributed by atoms with Gasteiger partial charge in [0.2, 0.25) is 0 Å². The number of carbonyl (C=O) groups is 1. The molecule has 0 atom stereocenters. The molecule has 0 aromatic carbocycles. The molecule has 0 N–H and O–H groups in total. The summed E-state index contributed by atoms with van der Waals surface area (Å²) in [5.41, 5.74) is 1.31. The van der Waals surface area contributed by atoms with Gasteiger partial charge in [0.15, 0.2) is 0 Å². The molecule has 82 valence electrons. The van der Waals surface area contributed by atoms with Crippen molar-refractivity contribution in [3.05, 3.63) is 11.6 Å². The molecule has 0 unspecified atom stereocenters. The first-order valence-electron chi connectivity index (χ1n) is 5.31. The lowest BCUT2D eigenvalue weighted by Gasteiger charge is -2.03. The summed E-state index contributed by atoms with van der Waals surface area (Å²) in [6.45, 7) is 8.49. The Morgan fingerprint density at radius 2 is 2.00 bits per heavy atom. The first kappa shape index (κ1) is 13.2.